The molecule has 1 saturated heterocycles. The fourth-order valence-electron chi connectivity index (χ4n) is 2.23. The second kappa shape index (κ2) is 8.51. The van der Waals surface area contributed by atoms with E-state index >= 15 is 0 Å². The molecule has 0 saturated carbocycles. The van der Waals surface area contributed by atoms with Gasteiger partial charge >= 0.3 is 0 Å². The third-order valence-electron chi connectivity index (χ3n) is 3.71. The predicted molar refractivity (Wildman–Crippen MR) is 72.0 cm³/mol. The number of nitrogens with one attached hydrogen (secondary N) is 1. The highest BCUT2D eigenvalue weighted by Gasteiger charge is 2.10. The molecule has 0 radical (unpaired) electrons. The lowest BCUT2D eigenvalue weighted by atomic mass is 10.1. The number of nitrogens with zero attached hydrogens (tertiary/aromatic N) is 1. The van der Waals surface area contributed by atoms with Crippen LogP contribution in [0.4, 0.5) is 0 Å². The zero-order chi connectivity index (χ0) is 12.5. The van der Waals surface area contributed by atoms with Crippen LogP contribution in [0.1, 0.15) is 52.4 Å². The first-order valence-corrected chi connectivity index (χ1v) is 7.24. The van der Waals surface area contributed by atoms with E-state index in [4.69, 9.17) is 0 Å². The summed E-state index contributed by atoms with van der Waals surface area (Å²) >= 11 is 0. The second-order valence-corrected chi connectivity index (χ2v) is 5.21. The van der Waals surface area contributed by atoms with E-state index in [-0.39, 0.29) is 11.8 Å². The Hall–Kier alpha value is -0.570. The molecule has 1 aliphatic rings. The van der Waals surface area contributed by atoms with Gasteiger partial charge in [-0.25, -0.2) is 0 Å². The smallest absolute Gasteiger partial charge is 0.222 e. The van der Waals surface area contributed by atoms with Gasteiger partial charge in [0.15, 0.2) is 0 Å². The Morgan fingerprint density at radius 2 is 1.88 bits per heavy atom. The van der Waals surface area contributed by atoms with Gasteiger partial charge in [0.25, 0.3) is 0 Å². The van der Waals surface area contributed by atoms with Crippen molar-refractivity contribution in [1.29, 1.82) is 0 Å². The molecule has 1 rings (SSSR count). The zero-order valence-corrected chi connectivity index (χ0v) is 11.5. The van der Waals surface area contributed by atoms with Crippen LogP contribution in [-0.2, 0) is 4.79 Å². The van der Waals surface area contributed by atoms with Crippen molar-refractivity contribution < 1.29 is 4.79 Å². The van der Waals surface area contributed by atoms with E-state index in [1.165, 1.54) is 38.8 Å². The summed E-state index contributed by atoms with van der Waals surface area (Å²) in [6.07, 6.45) is 7.49. The van der Waals surface area contributed by atoms with Crippen LogP contribution in [0.2, 0.25) is 0 Å². The summed E-state index contributed by atoms with van der Waals surface area (Å²) < 4.78 is 0. The predicted octanol–water partition coefficient (Wildman–Crippen LogP) is 2.41. The second-order valence-electron chi connectivity index (χ2n) is 5.21. The molecule has 0 spiro atoms. The molecule has 1 heterocycles. The number of amides is 1. The maximum absolute atomic E-state index is 11.6. The average molecular weight is 240 g/mol. The van der Waals surface area contributed by atoms with Crippen molar-refractivity contribution in [2.24, 2.45) is 5.92 Å². The number of carbonyl (C=O) groups is 1. The highest BCUT2D eigenvalue weighted by Crippen LogP contribution is 2.09. The molecule has 0 aromatic carbocycles. The van der Waals surface area contributed by atoms with Gasteiger partial charge < -0.3 is 10.2 Å². The van der Waals surface area contributed by atoms with Crippen LogP contribution in [0.5, 0.6) is 0 Å². The normalized spacial score (nSPS) is 19.6. The molecular formula is C14H28N2O. The summed E-state index contributed by atoms with van der Waals surface area (Å²) in [4.78, 5) is 14.1. The van der Waals surface area contributed by atoms with Crippen molar-refractivity contribution in [3.63, 3.8) is 0 Å². The monoisotopic (exact) mass is 240 g/mol. The van der Waals surface area contributed by atoms with Crippen molar-refractivity contribution in [3.8, 4) is 0 Å². The molecule has 0 bridgehead atoms. The fourth-order valence-corrected chi connectivity index (χ4v) is 2.23. The van der Waals surface area contributed by atoms with Gasteiger partial charge in [-0.15, -0.1) is 0 Å². The lowest BCUT2D eigenvalue weighted by Gasteiger charge is -2.19. The van der Waals surface area contributed by atoms with Crippen molar-refractivity contribution >= 4 is 5.91 Å². The summed E-state index contributed by atoms with van der Waals surface area (Å²) in [5.41, 5.74) is 0. The highest BCUT2D eigenvalue weighted by atomic mass is 16.1. The van der Waals surface area contributed by atoms with Crippen LogP contribution >= 0.6 is 0 Å². The van der Waals surface area contributed by atoms with Crippen molar-refractivity contribution in [3.05, 3.63) is 0 Å². The SMILES string of the molecule is CC[C@@H](C)C(=O)NCCCN1CCCCCC1. The van der Waals surface area contributed by atoms with E-state index in [2.05, 4.69) is 17.1 Å². The number of hydrogen-bond acceptors (Lipinski definition) is 2. The largest absolute Gasteiger partial charge is 0.356 e. The standard InChI is InChI=1S/C14H28N2O/c1-3-13(2)14(17)15-9-8-12-16-10-6-4-5-7-11-16/h13H,3-12H2,1-2H3,(H,15,17)/t13-/m1/s1. The molecule has 3 heteroatoms. The van der Waals surface area contributed by atoms with Gasteiger partial charge in [-0.2, -0.15) is 0 Å². The summed E-state index contributed by atoms with van der Waals surface area (Å²) in [7, 11) is 0. The Balaban J connectivity index is 2.04. The summed E-state index contributed by atoms with van der Waals surface area (Å²) in [6, 6.07) is 0. The molecule has 0 unspecified atom stereocenters. The first-order chi connectivity index (χ1) is 8.24. The number of likely N-dealkylation sites (tertiary alicyclic amines) is 1. The Bertz CT molecular complexity index is 210. The van der Waals surface area contributed by atoms with E-state index in [1.54, 1.807) is 0 Å². The van der Waals surface area contributed by atoms with Gasteiger partial charge in [-0.1, -0.05) is 26.7 Å². The van der Waals surface area contributed by atoms with Crippen LogP contribution < -0.4 is 5.32 Å². The fraction of sp³-hybridized carbons (Fsp3) is 0.929. The van der Waals surface area contributed by atoms with Crippen molar-refractivity contribution in [2.75, 3.05) is 26.2 Å². The molecule has 0 aliphatic carbocycles. The first kappa shape index (κ1) is 14.5. The molecular weight excluding hydrogens is 212 g/mol. The number of hydrogen-bond donors (Lipinski definition) is 1. The molecule has 1 fully saturated rings. The van der Waals surface area contributed by atoms with E-state index < -0.39 is 0 Å². The maximum atomic E-state index is 11.6. The number of carbonyl (C=O) groups excluding carboxylic acids is 1. The topological polar surface area (TPSA) is 32.3 Å². The minimum atomic E-state index is 0.160. The van der Waals surface area contributed by atoms with Gasteiger partial charge in [0.1, 0.15) is 0 Å². The molecule has 3 nitrogen and oxygen atoms in total. The van der Waals surface area contributed by atoms with Crippen LogP contribution in [0.25, 0.3) is 0 Å². The maximum Gasteiger partial charge on any atom is 0.222 e. The highest BCUT2D eigenvalue weighted by molar-refractivity contribution is 5.78. The van der Waals surface area contributed by atoms with Crippen LogP contribution in [0, 0.1) is 5.92 Å². The molecule has 0 aromatic heterocycles. The van der Waals surface area contributed by atoms with Crippen LogP contribution in [-0.4, -0.2) is 37.0 Å². The molecule has 1 N–H and O–H groups in total. The zero-order valence-electron chi connectivity index (χ0n) is 11.5. The molecule has 17 heavy (non-hydrogen) atoms. The molecule has 1 aliphatic heterocycles. The quantitative estimate of drug-likeness (QED) is 0.723. The van der Waals surface area contributed by atoms with Gasteiger partial charge in [0.2, 0.25) is 5.91 Å². The van der Waals surface area contributed by atoms with E-state index in [0.717, 1.165) is 25.9 Å². The minimum Gasteiger partial charge on any atom is -0.356 e. The summed E-state index contributed by atoms with van der Waals surface area (Å²) in [6.45, 7) is 8.52. The van der Waals surface area contributed by atoms with E-state index in [9.17, 15) is 4.79 Å². The summed E-state index contributed by atoms with van der Waals surface area (Å²) in [5, 5.41) is 3.02. The minimum absolute atomic E-state index is 0.160. The Morgan fingerprint density at radius 1 is 1.24 bits per heavy atom. The molecule has 1 amide bonds. The summed E-state index contributed by atoms with van der Waals surface area (Å²) in [5.74, 6) is 0.372. The Labute approximate surface area is 106 Å². The Morgan fingerprint density at radius 3 is 2.47 bits per heavy atom. The molecule has 0 aromatic rings. The van der Waals surface area contributed by atoms with Gasteiger partial charge in [-0.05, 0) is 45.3 Å². The van der Waals surface area contributed by atoms with Crippen molar-refractivity contribution in [2.45, 2.75) is 52.4 Å². The van der Waals surface area contributed by atoms with Gasteiger partial charge in [-0.3, -0.25) is 4.79 Å². The number of rotatable bonds is 6. The van der Waals surface area contributed by atoms with Crippen molar-refractivity contribution in [1.82, 2.24) is 10.2 Å². The van der Waals surface area contributed by atoms with Gasteiger partial charge in [0, 0.05) is 12.5 Å². The third kappa shape index (κ3) is 6.06. The lowest BCUT2D eigenvalue weighted by Crippen LogP contribution is -2.33. The molecule has 100 valence electrons. The van der Waals surface area contributed by atoms with E-state index in [0.29, 0.717) is 0 Å². The lowest BCUT2D eigenvalue weighted by molar-refractivity contribution is -0.124. The van der Waals surface area contributed by atoms with Gasteiger partial charge in [0.05, 0.1) is 0 Å². The third-order valence-corrected chi connectivity index (χ3v) is 3.71. The average Bonchev–Trinajstić information content (AvgIpc) is 2.61. The molecule has 1 atom stereocenters. The van der Waals surface area contributed by atoms with E-state index in [1.807, 2.05) is 6.92 Å². The van der Waals surface area contributed by atoms with Crippen LogP contribution in [0.3, 0.4) is 0 Å². The Kier molecular flexibility index (Phi) is 7.25. The first-order valence-electron chi connectivity index (χ1n) is 7.24. The van der Waals surface area contributed by atoms with Crippen LogP contribution in [0.15, 0.2) is 0 Å².